The highest BCUT2D eigenvalue weighted by molar-refractivity contribution is 5.68. The van der Waals surface area contributed by atoms with Crippen molar-refractivity contribution in [1.29, 1.82) is 0 Å². The van der Waals surface area contributed by atoms with Gasteiger partial charge < -0.3 is 25.0 Å². The molecule has 0 saturated heterocycles. The van der Waals surface area contributed by atoms with Gasteiger partial charge in [-0.15, -0.1) is 0 Å². The van der Waals surface area contributed by atoms with Crippen molar-refractivity contribution in [2.75, 3.05) is 13.2 Å². The first-order valence-electron chi connectivity index (χ1n) is 5.19. The summed E-state index contributed by atoms with van der Waals surface area (Å²) < 4.78 is 9.97. The van der Waals surface area contributed by atoms with Crippen LogP contribution in [0.15, 0.2) is 0 Å². The number of hydrogen-bond donors (Lipinski definition) is 3. The first-order valence-corrected chi connectivity index (χ1v) is 5.19. The van der Waals surface area contributed by atoms with Crippen LogP contribution in [0.2, 0.25) is 0 Å². The number of alkyl carbamates (subject to hydrolysis) is 1. The average molecular weight is 235 g/mol. The van der Waals surface area contributed by atoms with Crippen molar-refractivity contribution in [2.24, 2.45) is 0 Å². The summed E-state index contributed by atoms with van der Waals surface area (Å²) in [6.45, 7) is 7.39. The van der Waals surface area contributed by atoms with E-state index in [1.807, 2.05) is 0 Å². The maximum Gasteiger partial charge on any atom is 0.408 e. The summed E-state index contributed by atoms with van der Waals surface area (Å²) in [6.07, 6.45) is -2.38. The SMILES string of the molecule is CCOCC(NC(=O)OC(C)(C)C)C(O)O. The van der Waals surface area contributed by atoms with Crippen molar-refractivity contribution in [2.45, 2.75) is 45.6 Å². The third kappa shape index (κ3) is 7.44. The van der Waals surface area contributed by atoms with Crippen LogP contribution < -0.4 is 5.32 Å². The van der Waals surface area contributed by atoms with Crippen LogP contribution in [0.4, 0.5) is 4.79 Å². The molecule has 0 aromatic rings. The van der Waals surface area contributed by atoms with Crippen LogP contribution in [0, 0.1) is 0 Å². The van der Waals surface area contributed by atoms with Gasteiger partial charge in [-0.2, -0.15) is 0 Å². The van der Waals surface area contributed by atoms with E-state index in [9.17, 15) is 4.79 Å². The number of carbonyl (C=O) groups is 1. The molecule has 0 aromatic heterocycles. The van der Waals surface area contributed by atoms with Crippen LogP contribution in [0.25, 0.3) is 0 Å². The maximum absolute atomic E-state index is 11.3. The molecule has 0 aromatic carbocycles. The molecule has 0 aliphatic carbocycles. The fraction of sp³-hybridized carbons (Fsp3) is 0.900. The molecule has 0 aliphatic heterocycles. The highest BCUT2D eigenvalue weighted by Gasteiger charge is 2.23. The highest BCUT2D eigenvalue weighted by atomic mass is 16.6. The van der Waals surface area contributed by atoms with Crippen molar-refractivity contribution in [1.82, 2.24) is 5.32 Å². The summed E-state index contributed by atoms with van der Waals surface area (Å²) in [5.74, 6) is 0. The second kappa shape index (κ2) is 6.67. The van der Waals surface area contributed by atoms with E-state index in [1.54, 1.807) is 27.7 Å². The van der Waals surface area contributed by atoms with Gasteiger partial charge in [0, 0.05) is 6.61 Å². The number of nitrogens with one attached hydrogen (secondary N) is 1. The lowest BCUT2D eigenvalue weighted by molar-refractivity contribution is -0.0853. The van der Waals surface area contributed by atoms with Crippen LogP contribution in [-0.2, 0) is 9.47 Å². The van der Waals surface area contributed by atoms with Crippen LogP contribution in [0.1, 0.15) is 27.7 Å². The van der Waals surface area contributed by atoms with E-state index in [2.05, 4.69) is 5.32 Å². The standard InChI is InChI=1S/C10H21NO5/c1-5-15-6-7(8(12)13)11-9(14)16-10(2,3)4/h7-8,12-13H,5-6H2,1-4H3,(H,11,14). The van der Waals surface area contributed by atoms with E-state index >= 15 is 0 Å². The zero-order valence-corrected chi connectivity index (χ0v) is 10.2. The predicted molar refractivity (Wildman–Crippen MR) is 57.9 cm³/mol. The number of aliphatic hydroxyl groups is 2. The number of hydrogen-bond acceptors (Lipinski definition) is 5. The van der Waals surface area contributed by atoms with Gasteiger partial charge in [0.05, 0.1) is 6.61 Å². The van der Waals surface area contributed by atoms with Crippen molar-refractivity contribution in [3.63, 3.8) is 0 Å². The van der Waals surface area contributed by atoms with Crippen molar-refractivity contribution in [3.05, 3.63) is 0 Å². The molecule has 3 N–H and O–H groups in total. The molecule has 0 radical (unpaired) electrons. The predicted octanol–water partition coefficient (Wildman–Crippen LogP) is 0.227. The Labute approximate surface area is 95.6 Å². The molecule has 0 fully saturated rings. The fourth-order valence-corrected chi connectivity index (χ4v) is 0.906. The first kappa shape index (κ1) is 15.2. The molecule has 1 unspecified atom stereocenters. The summed E-state index contributed by atoms with van der Waals surface area (Å²) in [5, 5.41) is 20.3. The number of ether oxygens (including phenoxy) is 2. The van der Waals surface area contributed by atoms with Crippen LogP contribution >= 0.6 is 0 Å². The molecule has 1 atom stereocenters. The topological polar surface area (TPSA) is 88.0 Å². The van der Waals surface area contributed by atoms with Crippen LogP contribution in [-0.4, -0.2) is 47.5 Å². The van der Waals surface area contributed by atoms with Gasteiger partial charge in [0.1, 0.15) is 11.6 Å². The molecular formula is C10H21NO5. The second-order valence-electron chi connectivity index (χ2n) is 4.33. The molecule has 0 saturated carbocycles. The van der Waals surface area contributed by atoms with Gasteiger partial charge in [0.2, 0.25) is 0 Å². The smallest absolute Gasteiger partial charge is 0.408 e. The van der Waals surface area contributed by atoms with E-state index < -0.39 is 24.0 Å². The van der Waals surface area contributed by atoms with Gasteiger partial charge in [-0.25, -0.2) is 4.79 Å². The summed E-state index contributed by atoms with van der Waals surface area (Å²) in [6, 6.07) is -0.894. The minimum atomic E-state index is -1.68. The van der Waals surface area contributed by atoms with Gasteiger partial charge in [-0.1, -0.05) is 0 Å². The summed E-state index contributed by atoms with van der Waals surface area (Å²) in [7, 11) is 0. The number of amides is 1. The molecule has 0 spiro atoms. The minimum Gasteiger partial charge on any atom is -0.444 e. The molecule has 0 bridgehead atoms. The molecular weight excluding hydrogens is 214 g/mol. The zero-order valence-electron chi connectivity index (χ0n) is 10.2. The number of rotatable bonds is 5. The summed E-state index contributed by atoms with van der Waals surface area (Å²) in [5.41, 5.74) is -0.624. The van der Waals surface area contributed by atoms with Gasteiger partial charge in [0.15, 0.2) is 6.29 Å². The summed E-state index contributed by atoms with van der Waals surface area (Å²) >= 11 is 0. The number of aliphatic hydroxyl groups excluding tert-OH is 1. The molecule has 1 amide bonds. The molecule has 16 heavy (non-hydrogen) atoms. The van der Waals surface area contributed by atoms with Gasteiger partial charge in [-0.3, -0.25) is 0 Å². The third-order valence-electron chi connectivity index (χ3n) is 1.56. The Morgan fingerprint density at radius 2 is 1.94 bits per heavy atom. The Kier molecular flexibility index (Phi) is 6.32. The van der Waals surface area contributed by atoms with E-state index in [0.29, 0.717) is 6.61 Å². The average Bonchev–Trinajstić information content (AvgIpc) is 2.08. The summed E-state index contributed by atoms with van der Waals surface area (Å²) in [4.78, 5) is 11.3. The molecule has 6 heteroatoms. The lowest BCUT2D eigenvalue weighted by Gasteiger charge is -2.24. The Bertz CT molecular complexity index is 212. The Morgan fingerprint density at radius 1 is 1.38 bits per heavy atom. The molecule has 6 nitrogen and oxygen atoms in total. The molecule has 0 aliphatic rings. The minimum absolute atomic E-state index is 0.0212. The first-order chi connectivity index (χ1) is 7.26. The van der Waals surface area contributed by atoms with E-state index in [4.69, 9.17) is 19.7 Å². The molecule has 0 heterocycles. The molecule has 0 rings (SSSR count). The normalized spacial score (nSPS) is 13.7. The highest BCUT2D eigenvalue weighted by Crippen LogP contribution is 2.07. The monoisotopic (exact) mass is 235 g/mol. The fourth-order valence-electron chi connectivity index (χ4n) is 0.906. The van der Waals surface area contributed by atoms with Crippen molar-refractivity contribution in [3.8, 4) is 0 Å². The zero-order chi connectivity index (χ0) is 12.8. The van der Waals surface area contributed by atoms with Crippen LogP contribution in [0.5, 0.6) is 0 Å². The van der Waals surface area contributed by atoms with Gasteiger partial charge >= 0.3 is 6.09 Å². The maximum atomic E-state index is 11.3. The van der Waals surface area contributed by atoms with E-state index in [0.717, 1.165) is 0 Å². The van der Waals surface area contributed by atoms with Crippen molar-refractivity contribution >= 4 is 6.09 Å². The lowest BCUT2D eigenvalue weighted by Crippen LogP contribution is -2.48. The Morgan fingerprint density at radius 3 is 2.31 bits per heavy atom. The third-order valence-corrected chi connectivity index (χ3v) is 1.56. The van der Waals surface area contributed by atoms with E-state index in [1.165, 1.54) is 0 Å². The Balaban J connectivity index is 4.13. The quantitative estimate of drug-likeness (QED) is 0.594. The van der Waals surface area contributed by atoms with Gasteiger partial charge in [0.25, 0.3) is 0 Å². The van der Waals surface area contributed by atoms with Crippen LogP contribution in [0.3, 0.4) is 0 Å². The largest absolute Gasteiger partial charge is 0.444 e. The van der Waals surface area contributed by atoms with Gasteiger partial charge in [-0.05, 0) is 27.7 Å². The number of carbonyl (C=O) groups excluding carboxylic acids is 1. The molecule has 96 valence electrons. The second-order valence-corrected chi connectivity index (χ2v) is 4.33. The lowest BCUT2D eigenvalue weighted by atomic mass is 10.2. The Hall–Kier alpha value is -0.850. The van der Waals surface area contributed by atoms with E-state index in [-0.39, 0.29) is 6.61 Å². The van der Waals surface area contributed by atoms with Crippen molar-refractivity contribution < 1.29 is 24.5 Å².